The van der Waals surface area contributed by atoms with E-state index in [1.165, 1.54) is 0 Å². The quantitative estimate of drug-likeness (QED) is 0.301. The number of nitrogens with two attached hydrogens (primary N) is 3. The van der Waals surface area contributed by atoms with E-state index in [0.29, 0.717) is 12.4 Å². The highest BCUT2D eigenvalue weighted by atomic mass is 15.2. The van der Waals surface area contributed by atoms with Crippen molar-refractivity contribution in [1.82, 2.24) is 10.6 Å². The van der Waals surface area contributed by atoms with Gasteiger partial charge in [0.05, 0.1) is 12.3 Å². The van der Waals surface area contributed by atoms with Crippen molar-refractivity contribution in [1.29, 1.82) is 0 Å². The maximum absolute atomic E-state index is 5.70. The van der Waals surface area contributed by atoms with Crippen LogP contribution >= 0.6 is 0 Å². The average molecular weight is 157 g/mol. The third-order valence-electron chi connectivity index (χ3n) is 1.74. The first kappa shape index (κ1) is 8.32. The van der Waals surface area contributed by atoms with Gasteiger partial charge in [0.2, 0.25) is 0 Å². The third-order valence-corrected chi connectivity index (χ3v) is 1.74. The van der Waals surface area contributed by atoms with Gasteiger partial charge in [-0.2, -0.15) is 0 Å². The van der Waals surface area contributed by atoms with E-state index in [9.17, 15) is 0 Å². The SMILES string of the molecule is CC1NC(N)=C(CN)C(N)N1. The molecule has 0 saturated carbocycles. The molecule has 0 aliphatic carbocycles. The summed E-state index contributed by atoms with van der Waals surface area (Å²) in [6.07, 6.45) is -0.100. The van der Waals surface area contributed by atoms with Crippen molar-refractivity contribution < 1.29 is 0 Å². The molecule has 64 valence electrons. The van der Waals surface area contributed by atoms with Gasteiger partial charge in [-0.25, -0.2) is 0 Å². The van der Waals surface area contributed by atoms with Crippen molar-refractivity contribution in [3.8, 4) is 0 Å². The molecule has 0 spiro atoms. The third kappa shape index (κ3) is 1.62. The van der Waals surface area contributed by atoms with Gasteiger partial charge in [-0.3, -0.25) is 5.32 Å². The van der Waals surface area contributed by atoms with Gasteiger partial charge in [0.15, 0.2) is 0 Å². The molecule has 0 aromatic rings. The van der Waals surface area contributed by atoms with Crippen molar-refractivity contribution in [3.05, 3.63) is 11.4 Å². The Balaban J connectivity index is 2.77. The Labute approximate surface area is 66.0 Å². The van der Waals surface area contributed by atoms with E-state index in [1.807, 2.05) is 6.92 Å². The first-order valence-corrected chi connectivity index (χ1v) is 3.62. The fourth-order valence-corrected chi connectivity index (χ4v) is 1.14. The minimum atomic E-state index is -0.212. The van der Waals surface area contributed by atoms with Crippen LogP contribution in [-0.2, 0) is 0 Å². The highest BCUT2D eigenvalue weighted by molar-refractivity contribution is 5.19. The molecule has 0 bridgehead atoms. The van der Waals surface area contributed by atoms with Crippen LogP contribution in [0.3, 0.4) is 0 Å². The fourth-order valence-electron chi connectivity index (χ4n) is 1.14. The highest BCUT2D eigenvalue weighted by Crippen LogP contribution is 2.03. The van der Waals surface area contributed by atoms with Crippen LogP contribution in [0.25, 0.3) is 0 Å². The Bertz CT molecular complexity index is 176. The molecule has 0 saturated heterocycles. The van der Waals surface area contributed by atoms with Crippen molar-refractivity contribution in [2.75, 3.05) is 6.54 Å². The summed E-state index contributed by atoms with van der Waals surface area (Å²) in [5.74, 6) is 0.603. The standard InChI is InChI=1S/C6H15N5/c1-3-10-5(8)4(2-7)6(9)11-3/h3,5,10-11H,2,7-9H2,1H3. The van der Waals surface area contributed by atoms with E-state index in [2.05, 4.69) is 10.6 Å². The smallest absolute Gasteiger partial charge is 0.101 e. The molecule has 2 atom stereocenters. The van der Waals surface area contributed by atoms with Crippen LogP contribution in [0.1, 0.15) is 6.92 Å². The lowest BCUT2D eigenvalue weighted by molar-refractivity contribution is 0.407. The van der Waals surface area contributed by atoms with Gasteiger partial charge in [-0.15, -0.1) is 0 Å². The number of hydrogen-bond acceptors (Lipinski definition) is 5. The zero-order valence-electron chi connectivity index (χ0n) is 6.59. The highest BCUT2D eigenvalue weighted by Gasteiger charge is 2.19. The second kappa shape index (κ2) is 3.08. The normalized spacial score (nSPS) is 31.9. The second-order valence-corrected chi connectivity index (χ2v) is 2.65. The monoisotopic (exact) mass is 157 g/mol. The van der Waals surface area contributed by atoms with Gasteiger partial charge >= 0.3 is 0 Å². The molecule has 0 radical (unpaired) electrons. The summed E-state index contributed by atoms with van der Waals surface area (Å²) < 4.78 is 0. The van der Waals surface area contributed by atoms with E-state index >= 15 is 0 Å². The number of nitrogens with one attached hydrogen (secondary N) is 2. The molecule has 1 aliphatic rings. The van der Waals surface area contributed by atoms with Crippen LogP contribution < -0.4 is 27.8 Å². The molecular formula is C6H15N5. The lowest BCUT2D eigenvalue weighted by Crippen LogP contribution is -2.57. The maximum Gasteiger partial charge on any atom is 0.101 e. The second-order valence-electron chi connectivity index (χ2n) is 2.65. The molecule has 1 heterocycles. The van der Waals surface area contributed by atoms with E-state index in [1.54, 1.807) is 0 Å². The predicted octanol–water partition coefficient (Wildman–Crippen LogP) is -2.06. The fraction of sp³-hybridized carbons (Fsp3) is 0.667. The summed E-state index contributed by atoms with van der Waals surface area (Å²) >= 11 is 0. The number of rotatable bonds is 1. The van der Waals surface area contributed by atoms with E-state index in [-0.39, 0.29) is 12.3 Å². The molecule has 0 amide bonds. The topological polar surface area (TPSA) is 102 Å². The van der Waals surface area contributed by atoms with Crippen LogP contribution in [0, 0.1) is 0 Å². The molecule has 8 N–H and O–H groups in total. The van der Waals surface area contributed by atoms with Gasteiger partial charge in [-0.05, 0) is 6.92 Å². The summed E-state index contributed by atoms with van der Waals surface area (Å²) in [5, 5.41) is 6.06. The largest absolute Gasteiger partial charge is 0.385 e. The van der Waals surface area contributed by atoms with Crippen LogP contribution in [-0.4, -0.2) is 18.9 Å². The van der Waals surface area contributed by atoms with Gasteiger partial charge in [0, 0.05) is 12.1 Å². The molecule has 0 aromatic carbocycles. The Morgan fingerprint density at radius 2 is 2.18 bits per heavy atom. The first-order valence-electron chi connectivity index (χ1n) is 3.62. The zero-order valence-corrected chi connectivity index (χ0v) is 6.59. The Kier molecular flexibility index (Phi) is 2.33. The van der Waals surface area contributed by atoms with Crippen LogP contribution in [0.2, 0.25) is 0 Å². The van der Waals surface area contributed by atoms with E-state index in [0.717, 1.165) is 5.57 Å². The lowest BCUT2D eigenvalue weighted by atomic mass is 10.1. The minimum Gasteiger partial charge on any atom is -0.385 e. The van der Waals surface area contributed by atoms with Crippen LogP contribution in [0.5, 0.6) is 0 Å². The molecule has 1 rings (SSSR count). The molecule has 0 aromatic heterocycles. The average Bonchev–Trinajstić information content (AvgIpc) is 1.85. The molecule has 11 heavy (non-hydrogen) atoms. The lowest BCUT2D eigenvalue weighted by Gasteiger charge is -2.30. The van der Waals surface area contributed by atoms with Gasteiger partial charge in [0.1, 0.15) is 5.82 Å². The van der Waals surface area contributed by atoms with E-state index in [4.69, 9.17) is 17.2 Å². The van der Waals surface area contributed by atoms with Gasteiger partial charge in [0.25, 0.3) is 0 Å². The van der Waals surface area contributed by atoms with Crippen molar-refractivity contribution in [2.45, 2.75) is 19.3 Å². The maximum atomic E-state index is 5.70. The van der Waals surface area contributed by atoms with Crippen molar-refractivity contribution in [2.24, 2.45) is 17.2 Å². The predicted molar refractivity (Wildman–Crippen MR) is 44.0 cm³/mol. The van der Waals surface area contributed by atoms with Gasteiger partial charge < -0.3 is 22.5 Å². The van der Waals surface area contributed by atoms with Crippen molar-refractivity contribution in [3.63, 3.8) is 0 Å². The first-order chi connectivity index (χ1) is 5.15. The van der Waals surface area contributed by atoms with Crippen LogP contribution in [0.4, 0.5) is 0 Å². The Morgan fingerprint density at radius 3 is 2.64 bits per heavy atom. The molecule has 5 heteroatoms. The number of hydrogen-bond donors (Lipinski definition) is 5. The van der Waals surface area contributed by atoms with E-state index < -0.39 is 0 Å². The Hall–Kier alpha value is -0.780. The minimum absolute atomic E-state index is 0.111. The molecule has 1 aliphatic heterocycles. The van der Waals surface area contributed by atoms with Crippen LogP contribution in [0.15, 0.2) is 11.4 Å². The summed E-state index contributed by atoms with van der Waals surface area (Å²) in [7, 11) is 0. The molecular weight excluding hydrogens is 142 g/mol. The summed E-state index contributed by atoms with van der Waals surface area (Å²) in [6, 6.07) is 0. The summed E-state index contributed by atoms with van der Waals surface area (Å²) in [6.45, 7) is 2.33. The zero-order chi connectivity index (χ0) is 8.43. The van der Waals surface area contributed by atoms with Gasteiger partial charge in [-0.1, -0.05) is 0 Å². The molecule has 5 nitrogen and oxygen atoms in total. The van der Waals surface area contributed by atoms with Crippen molar-refractivity contribution >= 4 is 0 Å². The molecule has 0 fully saturated rings. The Morgan fingerprint density at radius 1 is 1.55 bits per heavy atom. The summed E-state index contributed by atoms with van der Waals surface area (Å²) in [4.78, 5) is 0. The molecule has 2 unspecified atom stereocenters. The summed E-state index contributed by atoms with van der Waals surface area (Å²) in [5.41, 5.74) is 17.6.